The van der Waals surface area contributed by atoms with E-state index in [2.05, 4.69) is 0 Å². The molecule has 0 saturated heterocycles. The van der Waals surface area contributed by atoms with Crippen molar-refractivity contribution in [1.82, 2.24) is 0 Å². The van der Waals surface area contributed by atoms with Gasteiger partial charge in [0.1, 0.15) is 5.76 Å². The van der Waals surface area contributed by atoms with Gasteiger partial charge in [-0.3, -0.25) is 0 Å². The van der Waals surface area contributed by atoms with E-state index in [-0.39, 0.29) is 0 Å². The highest BCUT2D eigenvalue weighted by Crippen LogP contribution is 2.21. The maximum absolute atomic E-state index is 5.74. The zero-order chi connectivity index (χ0) is 8.39. The van der Waals surface area contributed by atoms with Crippen LogP contribution < -0.4 is 0 Å². The summed E-state index contributed by atoms with van der Waals surface area (Å²) in [6.45, 7) is 0. The topological polar surface area (TPSA) is 13.1 Å². The SMILES string of the molecule is Clc1ccc(-c2ccco2)cc1. The molecule has 0 spiro atoms. The van der Waals surface area contributed by atoms with Crippen molar-refractivity contribution in [3.63, 3.8) is 0 Å². The fourth-order valence-electron chi connectivity index (χ4n) is 1.06. The molecule has 0 aliphatic heterocycles. The molecule has 1 aromatic carbocycles. The Balaban J connectivity index is 2.43. The third kappa shape index (κ3) is 1.36. The van der Waals surface area contributed by atoms with Crippen molar-refractivity contribution in [3.05, 3.63) is 47.7 Å². The molecule has 0 N–H and O–H groups in total. The van der Waals surface area contributed by atoms with Crippen LogP contribution in [0.1, 0.15) is 0 Å². The van der Waals surface area contributed by atoms with Crippen molar-refractivity contribution in [1.29, 1.82) is 0 Å². The minimum Gasteiger partial charge on any atom is -0.464 e. The van der Waals surface area contributed by atoms with Gasteiger partial charge < -0.3 is 4.42 Å². The van der Waals surface area contributed by atoms with E-state index in [0.717, 1.165) is 16.3 Å². The molecule has 0 atom stereocenters. The van der Waals surface area contributed by atoms with Gasteiger partial charge in [-0.2, -0.15) is 0 Å². The highest BCUT2D eigenvalue weighted by molar-refractivity contribution is 6.30. The molecule has 2 aromatic rings. The molecule has 0 aliphatic carbocycles. The van der Waals surface area contributed by atoms with Gasteiger partial charge in [-0.1, -0.05) is 11.6 Å². The Bertz CT molecular complexity index is 348. The molecule has 60 valence electrons. The van der Waals surface area contributed by atoms with Crippen LogP contribution in [-0.4, -0.2) is 0 Å². The molecule has 0 unspecified atom stereocenters. The maximum Gasteiger partial charge on any atom is 0.133 e. The van der Waals surface area contributed by atoms with Gasteiger partial charge in [0.15, 0.2) is 0 Å². The summed E-state index contributed by atoms with van der Waals surface area (Å²) in [6.07, 6.45) is 1.66. The summed E-state index contributed by atoms with van der Waals surface area (Å²) in [6, 6.07) is 11.3. The first kappa shape index (κ1) is 7.44. The van der Waals surface area contributed by atoms with Crippen molar-refractivity contribution in [2.45, 2.75) is 0 Å². The van der Waals surface area contributed by atoms with Crippen LogP contribution in [0.3, 0.4) is 0 Å². The predicted octanol–water partition coefficient (Wildman–Crippen LogP) is 3.60. The molecule has 2 rings (SSSR count). The fourth-order valence-corrected chi connectivity index (χ4v) is 1.18. The van der Waals surface area contributed by atoms with Gasteiger partial charge in [0.2, 0.25) is 0 Å². The van der Waals surface area contributed by atoms with Crippen molar-refractivity contribution < 1.29 is 4.42 Å². The normalized spacial score (nSPS) is 10.1. The van der Waals surface area contributed by atoms with Crippen LogP contribution in [0.25, 0.3) is 11.3 Å². The van der Waals surface area contributed by atoms with Gasteiger partial charge in [0.25, 0.3) is 0 Å². The molecular weight excluding hydrogens is 172 g/mol. The van der Waals surface area contributed by atoms with Crippen LogP contribution in [0.4, 0.5) is 0 Å². The lowest BCUT2D eigenvalue weighted by Gasteiger charge is -1.95. The Labute approximate surface area is 75.6 Å². The van der Waals surface area contributed by atoms with Crippen LogP contribution in [0.2, 0.25) is 5.02 Å². The van der Waals surface area contributed by atoms with Crippen LogP contribution in [0, 0.1) is 0 Å². The standard InChI is InChI=1S/C10H7ClO/c11-9-5-3-8(4-6-9)10-2-1-7-12-10/h1-7H. The Morgan fingerprint density at radius 1 is 1.00 bits per heavy atom. The minimum absolute atomic E-state index is 0.741. The predicted molar refractivity (Wildman–Crippen MR) is 49.2 cm³/mol. The van der Waals surface area contributed by atoms with Gasteiger partial charge in [-0.15, -0.1) is 0 Å². The first-order valence-electron chi connectivity index (χ1n) is 3.66. The van der Waals surface area contributed by atoms with Crippen molar-refractivity contribution in [2.24, 2.45) is 0 Å². The van der Waals surface area contributed by atoms with Crippen molar-refractivity contribution in [2.75, 3.05) is 0 Å². The Morgan fingerprint density at radius 2 is 1.75 bits per heavy atom. The summed E-state index contributed by atoms with van der Waals surface area (Å²) in [4.78, 5) is 0. The van der Waals surface area contributed by atoms with Gasteiger partial charge in [0, 0.05) is 10.6 Å². The first-order chi connectivity index (χ1) is 5.86. The Morgan fingerprint density at radius 3 is 2.33 bits per heavy atom. The smallest absolute Gasteiger partial charge is 0.133 e. The van der Waals surface area contributed by atoms with Crippen LogP contribution >= 0.6 is 11.6 Å². The van der Waals surface area contributed by atoms with E-state index in [1.165, 1.54) is 0 Å². The number of halogens is 1. The molecule has 2 heteroatoms. The van der Waals surface area contributed by atoms with Gasteiger partial charge in [-0.05, 0) is 36.4 Å². The van der Waals surface area contributed by atoms with Gasteiger partial charge in [0.05, 0.1) is 6.26 Å². The highest BCUT2D eigenvalue weighted by atomic mass is 35.5. The third-order valence-electron chi connectivity index (χ3n) is 1.65. The average Bonchev–Trinajstić information content (AvgIpc) is 2.58. The number of furan rings is 1. The fraction of sp³-hybridized carbons (Fsp3) is 0. The molecule has 0 saturated carbocycles. The van der Waals surface area contributed by atoms with E-state index in [1.807, 2.05) is 36.4 Å². The number of benzene rings is 1. The van der Waals surface area contributed by atoms with Crippen molar-refractivity contribution in [3.8, 4) is 11.3 Å². The largest absolute Gasteiger partial charge is 0.464 e. The van der Waals surface area contributed by atoms with Crippen LogP contribution in [-0.2, 0) is 0 Å². The minimum atomic E-state index is 0.741. The number of hydrogen-bond acceptors (Lipinski definition) is 1. The van der Waals surface area contributed by atoms with E-state index < -0.39 is 0 Å². The zero-order valence-electron chi connectivity index (χ0n) is 6.33. The maximum atomic E-state index is 5.74. The monoisotopic (exact) mass is 178 g/mol. The summed E-state index contributed by atoms with van der Waals surface area (Å²) in [5.74, 6) is 0.867. The Kier molecular flexibility index (Phi) is 1.88. The second-order valence-electron chi connectivity index (χ2n) is 2.48. The van der Waals surface area contributed by atoms with E-state index in [0.29, 0.717) is 0 Å². The van der Waals surface area contributed by atoms with Gasteiger partial charge >= 0.3 is 0 Å². The number of rotatable bonds is 1. The average molecular weight is 179 g/mol. The molecule has 1 aromatic heterocycles. The quantitative estimate of drug-likeness (QED) is 0.651. The second kappa shape index (κ2) is 3.03. The van der Waals surface area contributed by atoms with Gasteiger partial charge in [-0.25, -0.2) is 0 Å². The molecule has 0 aliphatic rings. The van der Waals surface area contributed by atoms with Crippen LogP contribution in [0.15, 0.2) is 47.1 Å². The second-order valence-corrected chi connectivity index (χ2v) is 2.92. The lowest BCUT2D eigenvalue weighted by Crippen LogP contribution is -1.71. The Hall–Kier alpha value is -1.21. The molecular formula is C10H7ClO. The van der Waals surface area contributed by atoms with E-state index in [1.54, 1.807) is 6.26 Å². The third-order valence-corrected chi connectivity index (χ3v) is 1.90. The lowest BCUT2D eigenvalue weighted by atomic mass is 10.2. The van der Waals surface area contributed by atoms with Crippen molar-refractivity contribution >= 4 is 11.6 Å². The molecule has 0 bridgehead atoms. The van der Waals surface area contributed by atoms with E-state index in [4.69, 9.17) is 16.0 Å². The molecule has 0 radical (unpaired) electrons. The summed E-state index contributed by atoms with van der Waals surface area (Å²) in [7, 11) is 0. The summed E-state index contributed by atoms with van der Waals surface area (Å²) >= 11 is 5.74. The summed E-state index contributed by atoms with van der Waals surface area (Å²) in [5, 5.41) is 0.741. The van der Waals surface area contributed by atoms with E-state index >= 15 is 0 Å². The van der Waals surface area contributed by atoms with E-state index in [9.17, 15) is 0 Å². The molecule has 1 heterocycles. The summed E-state index contributed by atoms with van der Waals surface area (Å²) in [5.41, 5.74) is 1.05. The van der Waals surface area contributed by atoms with Crippen LogP contribution in [0.5, 0.6) is 0 Å². The number of hydrogen-bond donors (Lipinski definition) is 0. The molecule has 0 amide bonds. The lowest BCUT2D eigenvalue weighted by molar-refractivity contribution is 0.582. The zero-order valence-corrected chi connectivity index (χ0v) is 7.08. The summed E-state index contributed by atoms with van der Waals surface area (Å²) < 4.78 is 5.22. The highest BCUT2D eigenvalue weighted by Gasteiger charge is 1.98. The molecule has 1 nitrogen and oxygen atoms in total. The molecule has 0 fully saturated rings. The molecule has 12 heavy (non-hydrogen) atoms. The first-order valence-corrected chi connectivity index (χ1v) is 4.03.